The fourth-order valence-electron chi connectivity index (χ4n) is 1.80. The van der Waals surface area contributed by atoms with Crippen molar-refractivity contribution in [3.63, 3.8) is 0 Å². The zero-order valence-corrected chi connectivity index (χ0v) is 10.6. The second-order valence-electron chi connectivity index (χ2n) is 4.26. The second-order valence-corrected chi connectivity index (χ2v) is 4.26. The minimum absolute atomic E-state index is 0.713. The predicted molar refractivity (Wildman–Crippen MR) is 69.0 cm³/mol. The summed E-state index contributed by atoms with van der Waals surface area (Å²) in [5.41, 5.74) is 1.31. The third-order valence-corrected chi connectivity index (χ3v) is 2.84. The van der Waals surface area contributed by atoms with Crippen molar-refractivity contribution in [2.24, 2.45) is 5.92 Å². The van der Waals surface area contributed by atoms with Crippen LogP contribution in [0.5, 0.6) is 5.75 Å². The summed E-state index contributed by atoms with van der Waals surface area (Å²) in [5.74, 6) is 1.73. The molecule has 0 saturated carbocycles. The summed E-state index contributed by atoms with van der Waals surface area (Å²) in [7, 11) is 1.74. The van der Waals surface area contributed by atoms with Crippen molar-refractivity contribution in [2.45, 2.75) is 26.7 Å². The van der Waals surface area contributed by atoms with Crippen LogP contribution in [-0.2, 0) is 6.42 Å². The Hall–Kier alpha value is -1.02. The van der Waals surface area contributed by atoms with Gasteiger partial charge in [-0.15, -0.1) is 0 Å². The summed E-state index contributed by atoms with van der Waals surface area (Å²) in [4.78, 5) is 0. The minimum atomic E-state index is 0.713. The summed E-state index contributed by atoms with van der Waals surface area (Å²) < 4.78 is 5.34. The number of aryl methyl sites for hydroxylation is 1. The van der Waals surface area contributed by atoms with Crippen LogP contribution in [0.15, 0.2) is 24.3 Å². The molecule has 0 bridgehead atoms. The topological polar surface area (TPSA) is 21.3 Å². The Balaban J connectivity index is 2.41. The van der Waals surface area contributed by atoms with E-state index in [9.17, 15) is 0 Å². The highest BCUT2D eigenvalue weighted by Gasteiger charge is 2.05. The molecule has 0 aromatic heterocycles. The zero-order chi connectivity index (χ0) is 11.8. The van der Waals surface area contributed by atoms with E-state index in [-0.39, 0.29) is 0 Å². The van der Waals surface area contributed by atoms with E-state index < -0.39 is 0 Å². The molecule has 0 saturated heterocycles. The fourth-order valence-corrected chi connectivity index (χ4v) is 1.80. The van der Waals surface area contributed by atoms with Crippen molar-refractivity contribution in [1.82, 2.24) is 5.32 Å². The lowest BCUT2D eigenvalue weighted by Gasteiger charge is -2.13. The maximum atomic E-state index is 5.34. The highest BCUT2D eigenvalue weighted by molar-refractivity contribution is 5.33. The molecule has 1 N–H and O–H groups in total. The molecule has 0 aliphatic rings. The summed E-state index contributed by atoms with van der Waals surface area (Å²) in [6, 6.07) is 8.28. The van der Waals surface area contributed by atoms with Crippen LogP contribution >= 0.6 is 0 Å². The van der Waals surface area contributed by atoms with E-state index in [4.69, 9.17) is 4.74 Å². The first-order valence-electron chi connectivity index (χ1n) is 6.10. The summed E-state index contributed by atoms with van der Waals surface area (Å²) in [5, 5.41) is 3.38. The minimum Gasteiger partial charge on any atom is -0.496 e. The first kappa shape index (κ1) is 13.0. The Morgan fingerprint density at radius 3 is 2.75 bits per heavy atom. The van der Waals surface area contributed by atoms with Gasteiger partial charge >= 0.3 is 0 Å². The molecule has 0 radical (unpaired) electrons. The van der Waals surface area contributed by atoms with Gasteiger partial charge in [0.1, 0.15) is 5.75 Å². The lowest BCUT2D eigenvalue weighted by Crippen LogP contribution is -2.20. The third kappa shape index (κ3) is 4.23. The summed E-state index contributed by atoms with van der Waals surface area (Å²) in [6.45, 7) is 6.59. The van der Waals surface area contributed by atoms with Gasteiger partial charge in [-0.05, 0) is 43.5 Å². The van der Waals surface area contributed by atoms with E-state index in [2.05, 4.69) is 31.3 Å². The molecule has 0 heterocycles. The molecule has 1 aromatic carbocycles. The van der Waals surface area contributed by atoms with Gasteiger partial charge in [0.2, 0.25) is 0 Å². The Bertz CT molecular complexity index is 299. The Morgan fingerprint density at radius 1 is 1.31 bits per heavy atom. The van der Waals surface area contributed by atoms with Crippen LogP contribution in [0.1, 0.15) is 25.8 Å². The number of nitrogens with one attached hydrogen (secondary N) is 1. The molecule has 90 valence electrons. The highest BCUT2D eigenvalue weighted by atomic mass is 16.5. The van der Waals surface area contributed by atoms with Gasteiger partial charge in [-0.2, -0.15) is 0 Å². The van der Waals surface area contributed by atoms with Gasteiger partial charge in [-0.25, -0.2) is 0 Å². The van der Waals surface area contributed by atoms with Gasteiger partial charge in [0.25, 0.3) is 0 Å². The van der Waals surface area contributed by atoms with E-state index in [0.717, 1.165) is 25.3 Å². The van der Waals surface area contributed by atoms with Crippen molar-refractivity contribution in [2.75, 3.05) is 20.2 Å². The molecule has 2 nitrogen and oxygen atoms in total. The van der Waals surface area contributed by atoms with Crippen LogP contribution in [0.2, 0.25) is 0 Å². The van der Waals surface area contributed by atoms with Crippen LogP contribution in [0.3, 0.4) is 0 Å². The van der Waals surface area contributed by atoms with Crippen LogP contribution in [0.25, 0.3) is 0 Å². The Labute approximate surface area is 99.0 Å². The maximum Gasteiger partial charge on any atom is 0.122 e. The average Bonchev–Trinajstić information content (AvgIpc) is 2.34. The molecule has 1 rings (SSSR count). The lowest BCUT2D eigenvalue weighted by molar-refractivity contribution is 0.406. The van der Waals surface area contributed by atoms with Crippen molar-refractivity contribution in [1.29, 1.82) is 0 Å². The van der Waals surface area contributed by atoms with Gasteiger partial charge in [-0.3, -0.25) is 0 Å². The van der Waals surface area contributed by atoms with Crippen LogP contribution < -0.4 is 10.1 Å². The van der Waals surface area contributed by atoms with Gasteiger partial charge in [-0.1, -0.05) is 32.0 Å². The van der Waals surface area contributed by atoms with Gasteiger partial charge in [0.15, 0.2) is 0 Å². The standard InChI is InChI=1S/C14H23NO/c1-4-15-11-12(2)9-10-13-7-5-6-8-14(13)16-3/h5-8,12,15H,4,9-11H2,1-3H3. The Kier molecular flexibility index (Phi) is 5.94. The molecule has 1 unspecified atom stereocenters. The number of benzene rings is 1. The van der Waals surface area contributed by atoms with Crippen LogP contribution in [0.4, 0.5) is 0 Å². The van der Waals surface area contributed by atoms with Crippen molar-refractivity contribution in [3.8, 4) is 5.75 Å². The number of methoxy groups -OCH3 is 1. The third-order valence-electron chi connectivity index (χ3n) is 2.84. The van der Waals surface area contributed by atoms with E-state index in [1.165, 1.54) is 12.0 Å². The molecule has 0 aliphatic carbocycles. The molecule has 0 aliphatic heterocycles. The largest absolute Gasteiger partial charge is 0.496 e. The summed E-state index contributed by atoms with van der Waals surface area (Å²) >= 11 is 0. The van der Waals surface area contributed by atoms with Crippen LogP contribution in [-0.4, -0.2) is 20.2 Å². The van der Waals surface area contributed by atoms with Gasteiger partial charge in [0, 0.05) is 0 Å². The average molecular weight is 221 g/mol. The summed E-state index contributed by atoms with van der Waals surface area (Å²) in [6.07, 6.45) is 2.30. The number of hydrogen-bond donors (Lipinski definition) is 1. The van der Waals surface area contributed by atoms with Crippen molar-refractivity contribution < 1.29 is 4.74 Å². The van der Waals surface area contributed by atoms with Crippen molar-refractivity contribution >= 4 is 0 Å². The predicted octanol–water partition coefficient (Wildman–Crippen LogP) is 2.87. The SMILES string of the molecule is CCNCC(C)CCc1ccccc1OC. The molecule has 1 atom stereocenters. The molecule has 1 aromatic rings. The Morgan fingerprint density at radius 2 is 2.06 bits per heavy atom. The fraction of sp³-hybridized carbons (Fsp3) is 0.571. The van der Waals surface area contributed by atoms with E-state index in [1.807, 2.05) is 12.1 Å². The first-order valence-corrected chi connectivity index (χ1v) is 6.10. The smallest absolute Gasteiger partial charge is 0.122 e. The van der Waals surface area contributed by atoms with Crippen LogP contribution in [0, 0.1) is 5.92 Å². The molecular weight excluding hydrogens is 198 g/mol. The molecule has 16 heavy (non-hydrogen) atoms. The first-order chi connectivity index (χ1) is 7.77. The molecule has 0 amide bonds. The van der Waals surface area contributed by atoms with E-state index in [0.29, 0.717) is 5.92 Å². The zero-order valence-electron chi connectivity index (χ0n) is 10.6. The molecule has 2 heteroatoms. The number of rotatable bonds is 7. The molecule has 0 fully saturated rings. The van der Waals surface area contributed by atoms with E-state index >= 15 is 0 Å². The number of para-hydroxylation sites is 1. The van der Waals surface area contributed by atoms with Gasteiger partial charge < -0.3 is 10.1 Å². The quantitative estimate of drug-likeness (QED) is 0.764. The molecular formula is C14H23NO. The normalized spacial score (nSPS) is 12.4. The number of hydrogen-bond acceptors (Lipinski definition) is 2. The monoisotopic (exact) mass is 221 g/mol. The number of ether oxygens (including phenoxy) is 1. The van der Waals surface area contributed by atoms with Gasteiger partial charge in [0.05, 0.1) is 7.11 Å². The lowest BCUT2D eigenvalue weighted by atomic mass is 10.0. The second kappa shape index (κ2) is 7.29. The van der Waals surface area contributed by atoms with E-state index in [1.54, 1.807) is 7.11 Å². The van der Waals surface area contributed by atoms with Crippen molar-refractivity contribution in [3.05, 3.63) is 29.8 Å². The highest BCUT2D eigenvalue weighted by Crippen LogP contribution is 2.20. The molecule has 0 spiro atoms. The maximum absolute atomic E-state index is 5.34.